The fourth-order valence-electron chi connectivity index (χ4n) is 7.27. The predicted molar refractivity (Wildman–Crippen MR) is 208 cm³/mol. The minimum atomic E-state index is -3.77. The van der Waals surface area contributed by atoms with Crippen molar-refractivity contribution >= 4 is 90.2 Å². The van der Waals surface area contributed by atoms with E-state index in [4.69, 9.17) is 41.2 Å². The zero-order chi connectivity index (χ0) is 35.5. The van der Waals surface area contributed by atoms with Crippen molar-refractivity contribution < 1.29 is 41.2 Å². The van der Waals surface area contributed by atoms with Gasteiger partial charge in [-0.3, -0.25) is 0 Å². The summed E-state index contributed by atoms with van der Waals surface area (Å²) in [6.45, 7) is 15.6. The van der Waals surface area contributed by atoms with Crippen molar-refractivity contribution in [3.05, 3.63) is 121 Å². The number of benzene rings is 4. The summed E-state index contributed by atoms with van der Waals surface area (Å²) in [6.07, 6.45) is 0. The van der Waals surface area contributed by atoms with Gasteiger partial charge in [0.2, 0.25) is 0 Å². The standard InChI is InChI=1S/C32H44O10Si8/c1-43(29-21-13-9-14-22-29)33-44(2,30-23-15-10-16-24-30)36-48(6)39-47(5,35-43)41-49(7)37-45(3,31-25-17-11-18-26-31)34-46(4,32-27-19-12-20-28-32)38-50(8,40-49)42-48/h9-28H,1-8H3. The van der Waals surface area contributed by atoms with Crippen LogP contribution in [0, 0.1) is 0 Å². The summed E-state index contributed by atoms with van der Waals surface area (Å²) in [5.41, 5.74) is 0. The molecule has 264 valence electrons. The second kappa shape index (κ2) is 13.0. The Kier molecular flexibility index (Phi) is 9.48. The molecule has 0 radical (unpaired) electrons. The van der Waals surface area contributed by atoms with Crippen LogP contribution in [0.15, 0.2) is 121 Å². The zero-order valence-electron chi connectivity index (χ0n) is 29.6. The monoisotopic (exact) mass is 812 g/mol. The van der Waals surface area contributed by atoms with Crippen molar-refractivity contribution in [3.8, 4) is 0 Å². The van der Waals surface area contributed by atoms with Gasteiger partial charge in [-0.05, 0) is 46.9 Å². The number of rotatable bonds is 4. The largest absolute Gasteiger partial charge is 0.474 e. The van der Waals surface area contributed by atoms with E-state index in [0.717, 1.165) is 20.7 Å². The third kappa shape index (κ3) is 7.24. The Morgan fingerprint density at radius 1 is 0.240 bits per heavy atom. The molecule has 3 saturated heterocycles. The summed E-state index contributed by atoms with van der Waals surface area (Å²) >= 11 is 0. The van der Waals surface area contributed by atoms with E-state index in [1.807, 2.05) is 174 Å². The van der Waals surface area contributed by atoms with Gasteiger partial charge in [0.05, 0.1) is 0 Å². The smallest absolute Gasteiger partial charge is 0.409 e. The molecule has 3 fully saturated rings. The van der Waals surface area contributed by atoms with Crippen LogP contribution < -0.4 is 20.7 Å². The molecule has 4 atom stereocenters. The first-order valence-corrected chi connectivity index (χ1v) is 34.9. The molecule has 0 spiro atoms. The SMILES string of the molecule is C[Si]12O[Si](C)(O[Si]3(C)O[Si](C)(O1)O[Si](C)(c1ccccc1)O[Si](C)(c1ccccc1)O3)O[Si](C)(c1ccccc1)O[Si](C)(c1ccccc1)O2. The van der Waals surface area contributed by atoms with Gasteiger partial charge in [-0.1, -0.05) is 121 Å². The van der Waals surface area contributed by atoms with Crippen molar-refractivity contribution in [2.45, 2.75) is 52.4 Å². The van der Waals surface area contributed by atoms with Gasteiger partial charge in [-0.25, -0.2) is 0 Å². The van der Waals surface area contributed by atoms with Crippen LogP contribution in [-0.2, 0) is 41.2 Å². The van der Waals surface area contributed by atoms with Gasteiger partial charge < -0.3 is 41.2 Å². The number of fused-ring (bicyclic) bond motifs is 4. The van der Waals surface area contributed by atoms with Gasteiger partial charge >= 0.3 is 69.5 Å². The van der Waals surface area contributed by atoms with Gasteiger partial charge in [-0.2, -0.15) is 0 Å². The van der Waals surface area contributed by atoms with Crippen molar-refractivity contribution in [3.63, 3.8) is 0 Å². The predicted octanol–water partition coefficient (Wildman–Crippen LogP) is 4.38. The van der Waals surface area contributed by atoms with Crippen LogP contribution in [0.25, 0.3) is 0 Å². The summed E-state index contributed by atoms with van der Waals surface area (Å²) in [4.78, 5) is 0. The average Bonchev–Trinajstić information content (AvgIpc) is 3.03. The Bertz CT molecular complexity index is 1570. The Balaban J connectivity index is 1.40. The van der Waals surface area contributed by atoms with E-state index in [1.54, 1.807) is 0 Å². The normalized spacial score (nSPS) is 40.6. The Morgan fingerprint density at radius 2 is 0.420 bits per heavy atom. The van der Waals surface area contributed by atoms with E-state index in [9.17, 15) is 0 Å². The van der Waals surface area contributed by atoms with E-state index >= 15 is 0 Å². The molecule has 3 heterocycles. The van der Waals surface area contributed by atoms with Crippen LogP contribution in [0.4, 0.5) is 0 Å². The number of hydrogen-bond acceptors (Lipinski definition) is 10. The summed E-state index contributed by atoms with van der Waals surface area (Å²) in [5, 5.41) is 3.71. The van der Waals surface area contributed by atoms with Crippen LogP contribution in [0.5, 0.6) is 0 Å². The first-order chi connectivity index (χ1) is 23.5. The Morgan fingerprint density at radius 3 is 0.600 bits per heavy atom. The van der Waals surface area contributed by atoms with Gasteiger partial charge in [0.15, 0.2) is 0 Å². The summed E-state index contributed by atoms with van der Waals surface area (Å²) in [6, 6.07) is 40.1. The fraction of sp³-hybridized carbons (Fsp3) is 0.250. The molecule has 7 rings (SSSR count). The summed E-state index contributed by atoms with van der Waals surface area (Å²) in [7, 11) is -28.4. The van der Waals surface area contributed by atoms with Gasteiger partial charge in [-0.15, -0.1) is 0 Å². The Labute approximate surface area is 303 Å². The highest BCUT2D eigenvalue weighted by molar-refractivity contribution is 7.04. The molecule has 4 unspecified atom stereocenters. The van der Waals surface area contributed by atoms with Crippen LogP contribution >= 0.6 is 0 Å². The summed E-state index contributed by atoms with van der Waals surface area (Å²) in [5.74, 6) is 0. The molecule has 4 aromatic carbocycles. The van der Waals surface area contributed by atoms with Crippen LogP contribution in [0.2, 0.25) is 52.4 Å². The Hall–Kier alpha value is -1.78. The van der Waals surface area contributed by atoms with E-state index in [1.165, 1.54) is 0 Å². The lowest BCUT2D eigenvalue weighted by molar-refractivity contribution is 0.0634. The molecule has 0 aromatic heterocycles. The van der Waals surface area contributed by atoms with Crippen molar-refractivity contribution in [2.75, 3.05) is 0 Å². The summed E-state index contributed by atoms with van der Waals surface area (Å²) < 4.78 is 72.2. The third-order valence-corrected chi connectivity index (χ3v) is 44.8. The molecule has 3 aliphatic heterocycles. The molecule has 4 bridgehead atoms. The lowest BCUT2D eigenvalue weighted by Crippen LogP contribution is -2.82. The average molecular weight is 813 g/mol. The van der Waals surface area contributed by atoms with Crippen molar-refractivity contribution in [2.24, 2.45) is 0 Å². The molecule has 18 heteroatoms. The lowest BCUT2D eigenvalue weighted by Gasteiger charge is -2.56. The number of hydrogen-bond donors (Lipinski definition) is 0. The first-order valence-electron chi connectivity index (χ1n) is 16.7. The third-order valence-electron chi connectivity index (χ3n) is 8.98. The lowest BCUT2D eigenvalue weighted by atomic mass is 10.4. The maximum atomic E-state index is 7.33. The fourth-order valence-corrected chi connectivity index (χ4v) is 50.9. The minimum Gasteiger partial charge on any atom is -0.409 e. The van der Waals surface area contributed by atoms with Gasteiger partial charge in [0.1, 0.15) is 0 Å². The molecule has 0 saturated carbocycles. The van der Waals surface area contributed by atoms with Crippen LogP contribution in [0.3, 0.4) is 0 Å². The molecule has 4 aromatic rings. The molecular formula is C32H44O10Si8. The molecule has 0 amide bonds. The first kappa shape index (κ1) is 36.6. The van der Waals surface area contributed by atoms with E-state index in [0.29, 0.717) is 0 Å². The van der Waals surface area contributed by atoms with Crippen LogP contribution in [0.1, 0.15) is 0 Å². The van der Waals surface area contributed by atoms with Crippen molar-refractivity contribution in [1.29, 1.82) is 0 Å². The van der Waals surface area contributed by atoms with E-state index in [-0.39, 0.29) is 0 Å². The van der Waals surface area contributed by atoms with Gasteiger partial charge in [0, 0.05) is 26.2 Å². The van der Waals surface area contributed by atoms with Crippen molar-refractivity contribution in [1.82, 2.24) is 0 Å². The molecule has 0 aliphatic carbocycles. The van der Waals surface area contributed by atoms with Crippen LogP contribution in [-0.4, -0.2) is 69.5 Å². The second-order valence-electron chi connectivity index (χ2n) is 13.7. The minimum absolute atomic E-state index is 0.928. The quantitative estimate of drug-likeness (QED) is 0.277. The molecule has 0 N–H and O–H groups in total. The van der Waals surface area contributed by atoms with E-state index < -0.39 is 69.5 Å². The van der Waals surface area contributed by atoms with E-state index in [2.05, 4.69) is 0 Å². The highest BCUT2D eigenvalue weighted by Crippen LogP contribution is 2.41. The molecule has 50 heavy (non-hydrogen) atoms. The molecule has 10 nitrogen and oxygen atoms in total. The highest BCUT2D eigenvalue weighted by Gasteiger charge is 2.71. The topological polar surface area (TPSA) is 92.3 Å². The highest BCUT2D eigenvalue weighted by atomic mass is 28.6. The zero-order valence-corrected chi connectivity index (χ0v) is 37.6. The molecular weight excluding hydrogens is 769 g/mol. The second-order valence-corrected chi connectivity index (χ2v) is 38.7. The maximum Gasteiger partial charge on any atom is 0.474 e. The molecule has 3 aliphatic rings. The maximum absolute atomic E-state index is 7.33. The van der Waals surface area contributed by atoms with Gasteiger partial charge in [0.25, 0.3) is 0 Å².